The zero-order chi connectivity index (χ0) is 115. The largest absolute Gasteiger partial charge is 0.510 e. The number of morpholine rings is 1. The van der Waals surface area contributed by atoms with E-state index in [1.54, 1.807) is 62.3 Å². The van der Waals surface area contributed by atoms with Gasteiger partial charge in [-0.3, -0.25) is 55.9 Å². The Hall–Kier alpha value is -2.99. The maximum atomic E-state index is 11.6. The standard InChI is InChI=1S/C12H20O5.C11H23O6P.C10H21NO2.C10H21NO.C10H21O7P.C10H21O6P.C9H19O6P.C7H17O3P.2C6H15O3P/c1-12(2,3)6-17-11(16)7-4-8(13)10(15)9(14)5-7;1-10(2,3)7-16-18(13,14)17-8-15-9(12)11(4,5)6;1-7(2)8(11)9(12)13-6-10(3,4)5;1-10(2,3)4-5-11-6-8-12-9-7-11;1-8(2)17-9(11)14-7-16-18(12,13)15-6-10(3,4)5;1-8(2)9(11)14-7-16-17(12,13)15-6-10(3,4)5;1-5-8(10)13-7-15-16(11,12)14-6-9(2,3)4;1-6(7(2,3)4)10-11(5,8)9;2*1-6(2,3)5-9-10(4,7)8/h4,8-10,13-15H,5-6H2,1-3H3;7-8H2,1-6H3,(H,13,14);7-8H,6,11H2,1-5H3;4-9H2,1-3H3;8H,6-7H2,1-5H3,(H,12,13);8H,6-7H2,1-5H3,(H,12,13);5-7H2,1-4H3,(H,11,12);6H,1-5H3,(H,8,9);2*5H2,1-4H3,(H,7,8). The molecular formula is C91H193N2O42P7. The van der Waals surface area contributed by atoms with E-state index in [4.69, 9.17) is 71.0 Å². The molecule has 44 nitrogen and oxygen atoms in total. The second kappa shape index (κ2) is 69.5. The molecule has 2 rings (SSSR count). The van der Waals surface area contributed by atoms with Crippen LogP contribution in [0.25, 0.3) is 0 Å². The van der Waals surface area contributed by atoms with Gasteiger partial charge in [0.15, 0.2) is 0 Å². The van der Waals surface area contributed by atoms with Crippen molar-refractivity contribution in [2.24, 2.45) is 77.1 Å². The van der Waals surface area contributed by atoms with Gasteiger partial charge in [0.05, 0.1) is 95.7 Å². The lowest BCUT2D eigenvalue weighted by Gasteiger charge is -2.29. The molecule has 12 atom stereocenters. The first-order valence-electron chi connectivity index (χ1n) is 46.4. The summed E-state index contributed by atoms with van der Waals surface area (Å²) >= 11 is 0. The van der Waals surface area contributed by atoms with Crippen molar-refractivity contribution in [3.63, 3.8) is 0 Å². The number of phosphoric acid groups is 4. The maximum Gasteiger partial charge on any atom is 0.510 e. The average molecular weight is 2200 g/mol. The van der Waals surface area contributed by atoms with Gasteiger partial charge in [0, 0.05) is 51.5 Å². The molecule has 2 aliphatic rings. The van der Waals surface area contributed by atoms with Crippen molar-refractivity contribution in [1.82, 2.24) is 4.90 Å². The number of nitrogens with two attached hydrogens (primary N) is 1. The van der Waals surface area contributed by atoms with Gasteiger partial charge in [-0.15, -0.1) is 0 Å². The van der Waals surface area contributed by atoms with E-state index in [2.05, 4.69) is 62.7 Å². The van der Waals surface area contributed by atoms with Crippen LogP contribution in [-0.4, -0.2) is 260 Å². The minimum atomic E-state index is -4.21. The third-order valence-electron chi connectivity index (χ3n) is 15.4. The van der Waals surface area contributed by atoms with Gasteiger partial charge in [0.2, 0.25) is 27.2 Å². The molecule has 0 amide bonds. The SMILES string of the molecule is CC(C)(C)CCN1CCOCC1.CC(C)(C)COC(=O)C1=CC(O)C(O)C(O)C1.CC(C)(C)COP(=O)(O)OCOC(=O)C(C)(C)C.CC(C)(C)COP(C)(=O)O.CC(C)(C)COP(C)(=O)O.CC(C)C(=O)OCOP(=O)(O)OCC(C)(C)C.CC(C)C(N)C(=O)OCC(C)(C)C.CC(C)OC(=O)OCOP(=O)(O)OCC(C)(C)C.CC(OP(C)(=O)O)C(C)(C)C.CCC(=O)OCOP(=O)(O)OCC(C)(C)C. The van der Waals surface area contributed by atoms with Crippen molar-refractivity contribution >= 4 is 90.1 Å². The molecule has 0 spiro atoms. The van der Waals surface area contributed by atoms with Gasteiger partial charge in [0.1, 0.15) is 18.2 Å². The van der Waals surface area contributed by atoms with Gasteiger partial charge in [-0.05, 0) is 121 Å². The van der Waals surface area contributed by atoms with Gasteiger partial charge in [-0.25, -0.2) is 45.9 Å². The maximum absolute atomic E-state index is 11.6. The highest BCUT2D eigenvalue weighted by atomic mass is 31.2. The quantitative estimate of drug-likeness (QED) is 0.0120. The number of aliphatic hydroxyl groups is 3. The van der Waals surface area contributed by atoms with Gasteiger partial charge in [-0.2, -0.15) is 0 Å². The predicted octanol–water partition coefficient (Wildman–Crippen LogP) is 19.1. The lowest BCUT2D eigenvalue weighted by molar-refractivity contribution is -0.160. The van der Waals surface area contributed by atoms with Crippen LogP contribution < -0.4 is 5.73 Å². The second-order valence-corrected chi connectivity index (χ2v) is 58.8. The number of carbonyl (C=O) groups is 6. The molecule has 1 aliphatic heterocycles. The molecule has 1 aliphatic carbocycles. The number of hydrogen-bond donors (Lipinski definition) is 11. The van der Waals surface area contributed by atoms with Crippen molar-refractivity contribution in [3.8, 4) is 0 Å². The molecule has 51 heteroatoms. The summed E-state index contributed by atoms with van der Waals surface area (Å²) in [6.45, 7) is 85.3. The van der Waals surface area contributed by atoms with Crippen LogP contribution in [-0.2, 0) is 144 Å². The zero-order valence-corrected chi connectivity index (χ0v) is 100. The highest BCUT2D eigenvalue weighted by molar-refractivity contribution is 7.52. The molecule has 0 radical (unpaired) electrons. The number of phosphoric ester groups is 4. The fourth-order valence-electron chi connectivity index (χ4n) is 7.08. The summed E-state index contributed by atoms with van der Waals surface area (Å²) in [5.74, 6) is -2.55. The average Bonchev–Trinajstić information content (AvgIpc) is 0.837. The van der Waals surface area contributed by atoms with Crippen molar-refractivity contribution in [3.05, 3.63) is 11.6 Å². The van der Waals surface area contributed by atoms with Crippen LogP contribution in [0.15, 0.2) is 11.6 Å². The molecule has 0 aromatic carbocycles. The van der Waals surface area contributed by atoms with Crippen molar-refractivity contribution in [2.75, 3.05) is 133 Å². The van der Waals surface area contributed by atoms with E-state index < -0.39 is 141 Å². The van der Waals surface area contributed by atoms with Crippen LogP contribution in [0.1, 0.15) is 303 Å². The molecular weight excluding hydrogens is 2010 g/mol. The van der Waals surface area contributed by atoms with Crippen LogP contribution in [0, 0.1) is 71.4 Å². The minimum absolute atomic E-state index is 0.00119. The van der Waals surface area contributed by atoms with Gasteiger partial charge < -0.3 is 107 Å². The van der Waals surface area contributed by atoms with E-state index in [1.807, 2.05) is 201 Å². The molecule has 0 bridgehead atoms. The summed E-state index contributed by atoms with van der Waals surface area (Å²) in [7, 11) is -26.5. The Morgan fingerprint density at radius 2 is 0.732 bits per heavy atom. The lowest BCUT2D eigenvalue weighted by atomic mass is 9.91. The minimum Gasteiger partial charge on any atom is -0.464 e. The molecule has 1 saturated heterocycles. The topological polar surface area (TPSA) is 629 Å². The van der Waals surface area contributed by atoms with E-state index in [0.29, 0.717) is 25.2 Å². The van der Waals surface area contributed by atoms with E-state index in [-0.39, 0.29) is 130 Å². The number of ether oxygens (including phenoxy) is 8. The molecule has 12 N–H and O–H groups in total. The van der Waals surface area contributed by atoms with Crippen molar-refractivity contribution in [1.29, 1.82) is 0 Å². The van der Waals surface area contributed by atoms with E-state index in [9.17, 15) is 95.6 Å². The molecule has 1 heterocycles. The summed E-state index contributed by atoms with van der Waals surface area (Å²) in [6, 6.07) is -0.498. The smallest absolute Gasteiger partial charge is 0.464 e. The van der Waals surface area contributed by atoms with E-state index >= 15 is 0 Å². The Morgan fingerprint density at radius 3 is 0.993 bits per heavy atom. The van der Waals surface area contributed by atoms with Crippen molar-refractivity contribution < 1.29 is 198 Å². The number of hydrogen-bond acceptors (Lipinski definition) is 37. The summed E-state index contributed by atoms with van der Waals surface area (Å²) in [6.07, 6.45) is -2.41. The van der Waals surface area contributed by atoms with Gasteiger partial charge in [-0.1, -0.05) is 242 Å². The number of rotatable bonds is 36. The second-order valence-electron chi connectivity index (χ2n) is 47.4. The van der Waals surface area contributed by atoms with Crippen molar-refractivity contribution in [2.45, 2.75) is 340 Å². The Bertz CT molecular complexity index is 3840. The first-order valence-corrected chi connectivity index (χ1v) is 58.5. The summed E-state index contributed by atoms with van der Waals surface area (Å²) in [5.41, 5.74) is 4.25. The Morgan fingerprint density at radius 1 is 0.415 bits per heavy atom. The molecule has 0 aromatic heterocycles. The third-order valence-corrected chi connectivity index (χ3v) is 20.9. The monoisotopic (exact) mass is 2200 g/mol. The van der Waals surface area contributed by atoms with E-state index in [0.717, 1.165) is 26.3 Å². The summed E-state index contributed by atoms with van der Waals surface area (Å²) in [5, 5.41) is 28.1. The fraction of sp³-hybridized carbons (Fsp3) is 0.912. The first kappa shape index (κ1) is 154. The van der Waals surface area contributed by atoms with Crippen LogP contribution in [0.2, 0.25) is 0 Å². The fourth-order valence-corrected chi connectivity index (χ4v) is 12.5. The van der Waals surface area contributed by atoms with Crippen LogP contribution in [0.4, 0.5) is 4.79 Å². The zero-order valence-electron chi connectivity index (χ0n) is 94.0. The van der Waals surface area contributed by atoms with Gasteiger partial charge >= 0.3 is 90.1 Å². The molecule has 142 heavy (non-hydrogen) atoms. The Labute approximate surface area is 850 Å². The molecule has 1 fully saturated rings. The highest BCUT2D eigenvalue weighted by Crippen LogP contribution is 2.49. The van der Waals surface area contributed by atoms with Crippen LogP contribution in [0.5, 0.6) is 0 Å². The van der Waals surface area contributed by atoms with Gasteiger partial charge in [0.25, 0.3) is 0 Å². The predicted molar refractivity (Wildman–Crippen MR) is 544 cm³/mol. The molecule has 854 valence electrons. The van der Waals surface area contributed by atoms with Crippen LogP contribution >= 0.6 is 54.1 Å². The number of nitrogens with zero attached hydrogens (tertiary/aromatic N) is 1. The number of esters is 5. The molecule has 0 aromatic rings. The molecule has 0 saturated carbocycles. The normalized spacial score (nSPS) is 18.5. The Kier molecular flexibility index (Phi) is 75.5. The molecule has 12 unspecified atom stereocenters. The third kappa shape index (κ3) is 116. The summed E-state index contributed by atoms with van der Waals surface area (Å²) < 4.78 is 167. The lowest BCUT2D eigenvalue weighted by Crippen LogP contribution is -2.41. The summed E-state index contributed by atoms with van der Waals surface area (Å²) in [4.78, 5) is 133. The van der Waals surface area contributed by atoms with E-state index in [1.165, 1.54) is 39.0 Å². The Balaban J connectivity index is -0.000000236. The number of carbonyl (C=O) groups excluding carboxylic acids is 6. The number of aliphatic hydroxyl groups excluding tert-OH is 3. The first-order chi connectivity index (χ1) is 62.6. The highest BCUT2D eigenvalue weighted by Gasteiger charge is 2.36. The van der Waals surface area contributed by atoms with Crippen LogP contribution in [0.3, 0.4) is 0 Å².